The van der Waals surface area contributed by atoms with Crippen molar-refractivity contribution in [1.29, 1.82) is 0 Å². The highest BCUT2D eigenvalue weighted by Crippen LogP contribution is 2.25. The molecule has 4 heteroatoms. The van der Waals surface area contributed by atoms with Gasteiger partial charge in [0.05, 0.1) is 10.6 Å². The van der Waals surface area contributed by atoms with Crippen LogP contribution in [0.2, 0.25) is 0 Å². The van der Waals surface area contributed by atoms with Gasteiger partial charge in [-0.3, -0.25) is 0 Å². The van der Waals surface area contributed by atoms with Gasteiger partial charge in [0.15, 0.2) is 0 Å². The molecule has 0 amide bonds. The quantitative estimate of drug-likeness (QED) is 0.890. The van der Waals surface area contributed by atoms with Crippen molar-refractivity contribution in [2.45, 2.75) is 13.0 Å². The summed E-state index contributed by atoms with van der Waals surface area (Å²) in [5.41, 5.74) is 0. The highest BCUT2D eigenvalue weighted by atomic mass is 79.9. The highest BCUT2D eigenvalue weighted by molar-refractivity contribution is 9.10. The van der Waals surface area contributed by atoms with Gasteiger partial charge < -0.3 is 9.84 Å². The van der Waals surface area contributed by atoms with Crippen LogP contribution >= 0.6 is 15.9 Å². The molecule has 0 aliphatic heterocycles. The zero-order valence-electron chi connectivity index (χ0n) is 7.13. The Bertz CT molecular complexity index is 289. The minimum absolute atomic E-state index is 0.199. The van der Waals surface area contributed by atoms with Gasteiger partial charge in [0.2, 0.25) is 0 Å². The lowest BCUT2D eigenvalue weighted by atomic mass is 10.3. The number of benzene rings is 1. The third-order valence-electron chi connectivity index (χ3n) is 1.37. The molecule has 0 saturated heterocycles. The monoisotopic (exact) mass is 248 g/mol. The van der Waals surface area contributed by atoms with E-state index in [1.807, 2.05) is 0 Å². The van der Waals surface area contributed by atoms with Crippen LogP contribution in [0, 0.1) is 5.82 Å². The summed E-state index contributed by atoms with van der Waals surface area (Å²) in [6.07, 6.45) is -0.531. The molecule has 0 radical (unpaired) electrons. The molecule has 1 N–H and O–H groups in total. The minimum atomic E-state index is -0.531. The summed E-state index contributed by atoms with van der Waals surface area (Å²) in [4.78, 5) is 0. The third-order valence-corrected chi connectivity index (χ3v) is 1.99. The van der Waals surface area contributed by atoms with E-state index < -0.39 is 6.10 Å². The Morgan fingerprint density at radius 3 is 2.85 bits per heavy atom. The molecule has 72 valence electrons. The van der Waals surface area contributed by atoms with Crippen LogP contribution in [0.3, 0.4) is 0 Å². The third kappa shape index (κ3) is 3.32. The predicted octanol–water partition coefficient (Wildman–Crippen LogP) is 2.35. The fraction of sp³-hybridized carbons (Fsp3) is 0.333. The maximum atomic E-state index is 12.6. The SMILES string of the molecule is C[C@H](O)COc1ccc(F)cc1Br. The predicted molar refractivity (Wildman–Crippen MR) is 51.3 cm³/mol. The van der Waals surface area contributed by atoms with Crippen molar-refractivity contribution in [3.05, 3.63) is 28.5 Å². The van der Waals surface area contributed by atoms with E-state index >= 15 is 0 Å². The van der Waals surface area contributed by atoms with Crippen molar-refractivity contribution in [2.75, 3.05) is 6.61 Å². The number of halogens is 2. The summed E-state index contributed by atoms with van der Waals surface area (Å²) in [5.74, 6) is 0.207. The van der Waals surface area contributed by atoms with Crippen molar-refractivity contribution in [3.8, 4) is 5.75 Å². The van der Waals surface area contributed by atoms with E-state index in [0.29, 0.717) is 10.2 Å². The maximum absolute atomic E-state index is 12.6. The first-order chi connectivity index (χ1) is 6.09. The van der Waals surface area contributed by atoms with E-state index in [-0.39, 0.29) is 12.4 Å². The molecule has 0 aliphatic rings. The summed E-state index contributed by atoms with van der Waals surface area (Å²) < 4.78 is 18.4. The van der Waals surface area contributed by atoms with Crippen LogP contribution in [0.1, 0.15) is 6.92 Å². The fourth-order valence-electron chi connectivity index (χ4n) is 0.803. The van der Waals surface area contributed by atoms with Crippen LogP contribution in [0.15, 0.2) is 22.7 Å². The van der Waals surface area contributed by atoms with Gasteiger partial charge in [-0.1, -0.05) is 0 Å². The number of ether oxygens (including phenoxy) is 1. The maximum Gasteiger partial charge on any atom is 0.133 e. The average molecular weight is 249 g/mol. The topological polar surface area (TPSA) is 29.5 Å². The van der Waals surface area contributed by atoms with Crippen LogP contribution in [0.5, 0.6) is 5.75 Å². The lowest BCUT2D eigenvalue weighted by Gasteiger charge is -2.09. The first-order valence-corrected chi connectivity index (χ1v) is 4.65. The molecule has 0 unspecified atom stereocenters. The van der Waals surface area contributed by atoms with Crippen molar-refractivity contribution in [2.24, 2.45) is 0 Å². The molecule has 0 fully saturated rings. The van der Waals surface area contributed by atoms with Gasteiger partial charge in [-0.2, -0.15) is 0 Å². The second-order valence-electron chi connectivity index (χ2n) is 2.73. The molecule has 0 aromatic heterocycles. The normalized spacial score (nSPS) is 12.6. The van der Waals surface area contributed by atoms with Gasteiger partial charge in [0, 0.05) is 0 Å². The molecule has 0 bridgehead atoms. The molecule has 0 saturated carbocycles. The van der Waals surface area contributed by atoms with E-state index in [4.69, 9.17) is 9.84 Å². The second-order valence-corrected chi connectivity index (χ2v) is 3.59. The number of aliphatic hydroxyl groups is 1. The Hall–Kier alpha value is -0.610. The van der Waals surface area contributed by atoms with E-state index in [1.54, 1.807) is 6.92 Å². The van der Waals surface area contributed by atoms with Crippen LogP contribution in [-0.4, -0.2) is 17.8 Å². The average Bonchev–Trinajstić information content (AvgIpc) is 2.02. The molecule has 0 spiro atoms. The van der Waals surface area contributed by atoms with Gasteiger partial charge in [-0.15, -0.1) is 0 Å². The van der Waals surface area contributed by atoms with Gasteiger partial charge in [-0.05, 0) is 41.1 Å². The number of hydrogen-bond donors (Lipinski definition) is 1. The first-order valence-electron chi connectivity index (χ1n) is 3.85. The van der Waals surface area contributed by atoms with Gasteiger partial charge >= 0.3 is 0 Å². The molecular weight excluding hydrogens is 239 g/mol. The van der Waals surface area contributed by atoms with Crippen molar-refractivity contribution < 1.29 is 14.2 Å². The van der Waals surface area contributed by atoms with E-state index in [2.05, 4.69) is 15.9 Å². The van der Waals surface area contributed by atoms with Crippen LogP contribution in [0.4, 0.5) is 4.39 Å². The molecule has 1 aromatic rings. The summed E-state index contributed by atoms with van der Waals surface area (Å²) in [6.45, 7) is 1.82. The fourth-order valence-corrected chi connectivity index (χ4v) is 1.27. The molecule has 0 heterocycles. The van der Waals surface area contributed by atoms with Crippen molar-refractivity contribution in [3.63, 3.8) is 0 Å². The zero-order valence-corrected chi connectivity index (χ0v) is 8.71. The lowest BCUT2D eigenvalue weighted by molar-refractivity contribution is 0.122. The van der Waals surface area contributed by atoms with E-state index in [9.17, 15) is 4.39 Å². The zero-order chi connectivity index (χ0) is 9.84. The molecule has 1 aromatic carbocycles. The Morgan fingerprint density at radius 2 is 2.31 bits per heavy atom. The largest absolute Gasteiger partial charge is 0.490 e. The standard InChI is InChI=1S/C9H10BrFO2/c1-6(12)5-13-9-3-2-7(11)4-8(9)10/h2-4,6,12H,5H2,1H3/t6-/m0/s1. The first kappa shape index (κ1) is 10.5. The summed E-state index contributed by atoms with van der Waals surface area (Å²) in [7, 11) is 0. The molecule has 1 rings (SSSR count). The summed E-state index contributed by atoms with van der Waals surface area (Å²) in [5, 5.41) is 8.94. The van der Waals surface area contributed by atoms with Crippen LogP contribution in [-0.2, 0) is 0 Å². The highest BCUT2D eigenvalue weighted by Gasteiger charge is 2.03. The Balaban J connectivity index is 2.67. The van der Waals surface area contributed by atoms with Gasteiger partial charge in [0.25, 0.3) is 0 Å². The summed E-state index contributed by atoms with van der Waals surface area (Å²) >= 11 is 3.15. The van der Waals surface area contributed by atoms with Crippen LogP contribution in [0.25, 0.3) is 0 Å². The van der Waals surface area contributed by atoms with Crippen LogP contribution < -0.4 is 4.74 Å². The summed E-state index contributed by atoms with van der Waals surface area (Å²) in [6, 6.07) is 4.14. The van der Waals surface area contributed by atoms with E-state index in [0.717, 1.165) is 0 Å². The Kier molecular flexibility index (Phi) is 3.69. The van der Waals surface area contributed by atoms with Gasteiger partial charge in [-0.25, -0.2) is 4.39 Å². The number of aliphatic hydroxyl groups excluding tert-OH is 1. The smallest absolute Gasteiger partial charge is 0.133 e. The molecule has 13 heavy (non-hydrogen) atoms. The Morgan fingerprint density at radius 1 is 1.62 bits per heavy atom. The van der Waals surface area contributed by atoms with E-state index in [1.165, 1.54) is 18.2 Å². The molecular formula is C9H10BrFO2. The van der Waals surface area contributed by atoms with Crippen molar-refractivity contribution in [1.82, 2.24) is 0 Å². The molecule has 1 atom stereocenters. The second kappa shape index (κ2) is 4.58. The lowest BCUT2D eigenvalue weighted by Crippen LogP contribution is -2.12. The number of rotatable bonds is 3. The molecule has 2 nitrogen and oxygen atoms in total. The Labute approximate surface area is 84.5 Å². The molecule has 0 aliphatic carbocycles. The van der Waals surface area contributed by atoms with Crippen molar-refractivity contribution >= 4 is 15.9 Å². The van der Waals surface area contributed by atoms with Gasteiger partial charge in [0.1, 0.15) is 18.2 Å². The number of hydrogen-bond acceptors (Lipinski definition) is 2. The minimum Gasteiger partial charge on any atom is -0.490 e.